The molecule has 0 atom stereocenters. The molecular weight excluding hydrogens is 322 g/mol. The normalized spacial score (nSPS) is 16.5. The standard InChI is InChI=1S/C17H25N5OS/c1-14(2)22-13-18-19-16(22)11-20-5-3-6-21(8-7-20)17(23)10-15-4-9-24-12-15/h4,9,12-14H,3,5-8,10-11H2,1-2H3. The Balaban J connectivity index is 1.55. The molecule has 2 aromatic rings. The summed E-state index contributed by atoms with van der Waals surface area (Å²) in [5.41, 5.74) is 1.12. The molecule has 1 saturated heterocycles. The second kappa shape index (κ2) is 7.90. The molecule has 1 amide bonds. The Bertz CT molecular complexity index is 652. The maximum atomic E-state index is 12.5. The van der Waals surface area contributed by atoms with Crippen molar-refractivity contribution in [3.63, 3.8) is 0 Å². The van der Waals surface area contributed by atoms with Crippen LogP contribution in [0.5, 0.6) is 0 Å². The Kier molecular flexibility index (Phi) is 5.63. The first-order valence-corrected chi connectivity index (χ1v) is 9.47. The SMILES string of the molecule is CC(C)n1cnnc1CN1CCCN(C(=O)Cc2ccsc2)CC1. The minimum Gasteiger partial charge on any atom is -0.341 e. The number of amides is 1. The minimum atomic E-state index is 0.237. The number of nitrogens with zero attached hydrogens (tertiary/aromatic N) is 5. The molecule has 6 nitrogen and oxygen atoms in total. The highest BCUT2D eigenvalue weighted by Gasteiger charge is 2.21. The third kappa shape index (κ3) is 4.21. The maximum absolute atomic E-state index is 12.5. The van der Waals surface area contributed by atoms with Crippen molar-refractivity contribution < 1.29 is 4.79 Å². The van der Waals surface area contributed by atoms with Crippen molar-refractivity contribution in [3.8, 4) is 0 Å². The second-order valence-corrected chi connectivity index (χ2v) is 7.35. The van der Waals surface area contributed by atoms with Crippen LogP contribution in [0.15, 0.2) is 23.2 Å². The van der Waals surface area contributed by atoms with Crippen LogP contribution < -0.4 is 0 Å². The summed E-state index contributed by atoms with van der Waals surface area (Å²) < 4.78 is 2.12. The highest BCUT2D eigenvalue weighted by Crippen LogP contribution is 2.13. The van der Waals surface area contributed by atoms with Gasteiger partial charge in [0.2, 0.25) is 5.91 Å². The smallest absolute Gasteiger partial charge is 0.227 e. The van der Waals surface area contributed by atoms with Crippen molar-refractivity contribution in [1.29, 1.82) is 0 Å². The van der Waals surface area contributed by atoms with Crippen molar-refractivity contribution in [1.82, 2.24) is 24.6 Å². The number of thiophene rings is 1. The Hall–Kier alpha value is -1.73. The summed E-state index contributed by atoms with van der Waals surface area (Å²) in [6.07, 6.45) is 3.32. The molecule has 1 aliphatic rings. The topological polar surface area (TPSA) is 54.3 Å². The fourth-order valence-electron chi connectivity index (χ4n) is 3.07. The number of carbonyl (C=O) groups is 1. The molecule has 130 valence electrons. The summed E-state index contributed by atoms with van der Waals surface area (Å²) in [7, 11) is 0. The van der Waals surface area contributed by atoms with Gasteiger partial charge in [-0.1, -0.05) is 0 Å². The van der Waals surface area contributed by atoms with Gasteiger partial charge in [-0.2, -0.15) is 11.3 Å². The first-order valence-electron chi connectivity index (χ1n) is 8.53. The van der Waals surface area contributed by atoms with Crippen LogP contribution in [-0.2, 0) is 17.8 Å². The molecule has 0 spiro atoms. The van der Waals surface area contributed by atoms with Gasteiger partial charge in [0.25, 0.3) is 0 Å². The van der Waals surface area contributed by atoms with E-state index in [1.807, 2.05) is 16.3 Å². The molecule has 0 N–H and O–H groups in total. The van der Waals surface area contributed by atoms with Crippen LogP contribution in [0.2, 0.25) is 0 Å². The molecule has 0 bridgehead atoms. The first kappa shape index (κ1) is 17.1. The number of aromatic nitrogens is 3. The lowest BCUT2D eigenvalue weighted by atomic mass is 10.2. The van der Waals surface area contributed by atoms with E-state index < -0.39 is 0 Å². The largest absolute Gasteiger partial charge is 0.341 e. The van der Waals surface area contributed by atoms with E-state index in [-0.39, 0.29) is 5.91 Å². The van der Waals surface area contributed by atoms with Crippen LogP contribution in [0.1, 0.15) is 37.7 Å². The molecule has 3 heterocycles. The van der Waals surface area contributed by atoms with Crippen molar-refractivity contribution in [2.45, 2.75) is 39.3 Å². The van der Waals surface area contributed by atoms with E-state index in [1.165, 1.54) is 0 Å². The molecule has 0 aliphatic carbocycles. The second-order valence-electron chi connectivity index (χ2n) is 6.57. The van der Waals surface area contributed by atoms with Crippen molar-refractivity contribution in [3.05, 3.63) is 34.5 Å². The summed E-state index contributed by atoms with van der Waals surface area (Å²) in [5.74, 6) is 1.24. The van der Waals surface area contributed by atoms with E-state index in [1.54, 1.807) is 17.7 Å². The molecule has 1 aliphatic heterocycles. The van der Waals surface area contributed by atoms with E-state index in [0.717, 1.165) is 50.5 Å². The molecule has 0 radical (unpaired) electrons. The maximum Gasteiger partial charge on any atom is 0.227 e. The van der Waals surface area contributed by atoms with E-state index in [2.05, 4.69) is 38.9 Å². The molecular formula is C17H25N5OS. The zero-order valence-corrected chi connectivity index (χ0v) is 15.2. The monoisotopic (exact) mass is 347 g/mol. The summed E-state index contributed by atoms with van der Waals surface area (Å²) in [6.45, 7) is 8.59. The molecule has 2 aromatic heterocycles. The van der Waals surface area contributed by atoms with Crippen LogP contribution in [-0.4, -0.2) is 56.7 Å². The molecule has 0 saturated carbocycles. The van der Waals surface area contributed by atoms with Crippen LogP contribution in [0.3, 0.4) is 0 Å². The van der Waals surface area contributed by atoms with Crippen LogP contribution >= 0.6 is 11.3 Å². The number of hydrogen-bond donors (Lipinski definition) is 0. The average Bonchev–Trinajstić information content (AvgIpc) is 3.16. The van der Waals surface area contributed by atoms with Gasteiger partial charge in [0, 0.05) is 32.2 Å². The van der Waals surface area contributed by atoms with Gasteiger partial charge in [0.05, 0.1) is 13.0 Å². The highest BCUT2D eigenvalue weighted by molar-refractivity contribution is 7.07. The predicted octanol–water partition coefficient (Wildman–Crippen LogP) is 2.20. The third-order valence-corrected chi connectivity index (χ3v) is 5.18. The van der Waals surface area contributed by atoms with E-state index >= 15 is 0 Å². The van der Waals surface area contributed by atoms with Crippen molar-refractivity contribution in [2.24, 2.45) is 0 Å². The van der Waals surface area contributed by atoms with E-state index in [4.69, 9.17) is 0 Å². The summed E-state index contributed by atoms with van der Waals surface area (Å²) >= 11 is 1.64. The number of carbonyl (C=O) groups excluding carboxylic acids is 1. The van der Waals surface area contributed by atoms with Gasteiger partial charge in [0.15, 0.2) is 0 Å². The molecule has 24 heavy (non-hydrogen) atoms. The molecule has 1 fully saturated rings. The van der Waals surface area contributed by atoms with Crippen LogP contribution in [0.25, 0.3) is 0 Å². The van der Waals surface area contributed by atoms with Gasteiger partial charge < -0.3 is 9.47 Å². The van der Waals surface area contributed by atoms with Gasteiger partial charge >= 0.3 is 0 Å². The van der Waals surface area contributed by atoms with Gasteiger partial charge in [-0.25, -0.2) is 0 Å². The Morgan fingerprint density at radius 3 is 2.92 bits per heavy atom. The first-order chi connectivity index (χ1) is 11.6. The lowest BCUT2D eigenvalue weighted by molar-refractivity contribution is -0.130. The zero-order chi connectivity index (χ0) is 16.9. The van der Waals surface area contributed by atoms with Gasteiger partial charge in [-0.3, -0.25) is 9.69 Å². The Labute approximate surface area is 147 Å². The van der Waals surface area contributed by atoms with E-state index in [9.17, 15) is 4.79 Å². The quantitative estimate of drug-likeness (QED) is 0.832. The van der Waals surface area contributed by atoms with Gasteiger partial charge in [-0.05, 0) is 42.7 Å². The van der Waals surface area contributed by atoms with E-state index in [0.29, 0.717) is 12.5 Å². The van der Waals surface area contributed by atoms with Gasteiger partial charge in [-0.15, -0.1) is 10.2 Å². The fourth-order valence-corrected chi connectivity index (χ4v) is 3.74. The highest BCUT2D eigenvalue weighted by atomic mass is 32.1. The van der Waals surface area contributed by atoms with Crippen molar-refractivity contribution >= 4 is 17.2 Å². The zero-order valence-electron chi connectivity index (χ0n) is 14.4. The van der Waals surface area contributed by atoms with Crippen LogP contribution in [0, 0.1) is 0 Å². The molecule has 3 rings (SSSR count). The lowest BCUT2D eigenvalue weighted by Gasteiger charge is -2.22. The predicted molar refractivity (Wildman–Crippen MR) is 94.9 cm³/mol. The fraction of sp³-hybridized carbons (Fsp3) is 0.588. The van der Waals surface area contributed by atoms with Crippen LogP contribution in [0.4, 0.5) is 0 Å². The summed E-state index contributed by atoms with van der Waals surface area (Å²) in [5, 5.41) is 12.4. The number of rotatable bonds is 5. The number of hydrogen-bond acceptors (Lipinski definition) is 5. The Morgan fingerprint density at radius 1 is 1.29 bits per heavy atom. The minimum absolute atomic E-state index is 0.237. The molecule has 0 aromatic carbocycles. The molecule has 7 heteroatoms. The van der Waals surface area contributed by atoms with Crippen molar-refractivity contribution in [2.75, 3.05) is 26.2 Å². The summed E-state index contributed by atoms with van der Waals surface area (Å²) in [6, 6.07) is 2.40. The Morgan fingerprint density at radius 2 is 2.17 bits per heavy atom. The average molecular weight is 347 g/mol. The molecule has 0 unspecified atom stereocenters. The van der Waals surface area contributed by atoms with Gasteiger partial charge in [0.1, 0.15) is 12.2 Å². The summed E-state index contributed by atoms with van der Waals surface area (Å²) in [4.78, 5) is 16.9. The third-order valence-electron chi connectivity index (χ3n) is 4.45. The lowest BCUT2D eigenvalue weighted by Crippen LogP contribution is -2.36.